The van der Waals surface area contributed by atoms with Crippen LogP contribution in [0, 0.1) is 0 Å². The first kappa shape index (κ1) is 22.9. The van der Waals surface area contributed by atoms with Gasteiger partial charge >= 0.3 is 12.3 Å². The molecule has 2 aromatic rings. The zero-order valence-corrected chi connectivity index (χ0v) is 18.0. The van der Waals surface area contributed by atoms with Gasteiger partial charge < -0.3 is 18.9 Å². The van der Waals surface area contributed by atoms with Crippen molar-refractivity contribution in [2.24, 2.45) is 0 Å². The molecule has 30 heavy (non-hydrogen) atoms. The molecule has 0 amide bonds. The van der Waals surface area contributed by atoms with Crippen molar-refractivity contribution in [1.29, 1.82) is 0 Å². The summed E-state index contributed by atoms with van der Waals surface area (Å²) in [6.45, 7) is 10.2. The van der Waals surface area contributed by atoms with Crippen molar-refractivity contribution < 1.29 is 33.3 Å². The molecule has 0 aliphatic rings. The summed E-state index contributed by atoms with van der Waals surface area (Å²) < 4.78 is 20.8. The number of carbonyl (C=O) groups is 3. The van der Waals surface area contributed by atoms with Gasteiger partial charge in [0.1, 0.15) is 22.7 Å². The van der Waals surface area contributed by atoms with Crippen LogP contribution >= 0.6 is 0 Å². The molecule has 0 aliphatic heterocycles. The van der Waals surface area contributed by atoms with Gasteiger partial charge in [-0.2, -0.15) is 0 Å². The molecule has 0 aromatic heterocycles. The molecule has 0 N–H and O–H groups in total. The second kappa shape index (κ2) is 8.98. The fourth-order valence-corrected chi connectivity index (χ4v) is 2.35. The van der Waals surface area contributed by atoms with E-state index in [0.29, 0.717) is 0 Å². The van der Waals surface area contributed by atoms with Crippen LogP contribution in [0.3, 0.4) is 0 Å². The number of para-hydroxylation sites is 2. The molecular formula is C23H26O7. The molecule has 7 nitrogen and oxygen atoms in total. The molecule has 0 atom stereocenters. The predicted octanol–water partition coefficient (Wildman–Crippen LogP) is 5.55. The number of hydrogen-bond donors (Lipinski definition) is 0. The zero-order valence-electron chi connectivity index (χ0n) is 18.0. The highest BCUT2D eigenvalue weighted by atomic mass is 16.7. The van der Waals surface area contributed by atoms with Crippen LogP contribution in [0.15, 0.2) is 48.5 Å². The van der Waals surface area contributed by atoms with Crippen LogP contribution in [0.25, 0.3) is 0 Å². The Hall–Kier alpha value is -3.35. The number of rotatable bonds is 4. The fraction of sp³-hybridized carbons (Fsp3) is 0.348. The molecule has 0 spiro atoms. The van der Waals surface area contributed by atoms with Crippen LogP contribution in [-0.4, -0.2) is 29.3 Å². The topological polar surface area (TPSA) is 88.1 Å². The summed E-state index contributed by atoms with van der Waals surface area (Å²) in [6, 6.07) is 12.5. The van der Waals surface area contributed by atoms with E-state index in [2.05, 4.69) is 0 Å². The quantitative estimate of drug-likeness (QED) is 0.368. The summed E-state index contributed by atoms with van der Waals surface area (Å²) in [7, 11) is 0. The first-order valence-corrected chi connectivity index (χ1v) is 9.40. The molecule has 0 fully saturated rings. The maximum Gasteiger partial charge on any atom is 0.514 e. The lowest BCUT2D eigenvalue weighted by atomic mass is 10.0. The molecule has 160 valence electrons. The third-order valence-electron chi connectivity index (χ3n) is 3.43. The average Bonchev–Trinajstić information content (AvgIpc) is 2.58. The molecular weight excluding hydrogens is 388 g/mol. The van der Waals surface area contributed by atoms with E-state index < -0.39 is 29.3 Å². The molecule has 0 unspecified atom stereocenters. The molecule has 7 heteroatoms. The highest BCUT2D eigenvalue weighted by molar-refractivity contribution is 6.12. The SMILES string of the molecule is CC(C)(C)OC(=O)Oc1ccccc1C(=O)c1ccccc1OC(=O)OC(C)(C)C. The van der Waals surface area contributed by atoms with E-state index in [1.807, 2.05) is 0 Å². The zero-order chi connectivity index (χ0) is 22.5. The molecule has 0 bridgehead atoms. The molecule has 0 saturated heterocycles. The first-order valence-electron chi connectivity index (χ1n) is 9.40. The lowest BCUT2D eigenvalue weighted by Crippen LogP contribution is -2.26. The minimum absolute atomic E-state index is 0.0313. The van der Waals surface area contributed by atoms with E-state index in [1.54, 1.807) is 65.8 Å². The predicted molar refractivity (Wildman–Crippen MR) is 110 cm³/mol. The van der Waals surface area contributed by atoms with Gasteiger partial charge in [0.25, 0.3) is 0 Å². The number of ether oxygens (including phenoxy) is 4. The monoisotopic (exact) mass is 414 g/mol. The Morgan fingerprint density at radius 3 is 1.27 bits per heavy atom. The van der Waals surface area contributed by atoms with Crippen LogP contribution in [0.2, 0.25) is 0 Å². The molecule has 0 radical (unpaired) electrons. The largest absolute Gasteiger partial charge is 0.514 e. The van der Waals surface area contributed by atoms with Crippen LogP contribution in [0.5, 0.6) is 11.5 Å². The summed E-state index contributed by atoms with van der Waals surface area (Å²) in [5, 5.41) is 0. The number of ketones is 1. The maximum atomic E-state index is 13.2. The highest BCUT2D eigenvalue weighted by Crippen LogP contribution is 2.28. The Labute approximate surface area is 175 Å². The molecule has 2 rings (SSSR count). The van der Waals surface area contributed by atoms with Gasteiger partial charge in [-0.15, -0.1) is 0 Å². The normalized spacial score (nSPS) is 11.4. The Morgan fingerprint density at radius 1 is 0.600 bits per heavy atom. The fourth-order valence-electron chi connectivity index (χ4n) is 2.35. The lowest BCUT2D eigenvalue weighted by Gasteiger charge is -2.20. The second-order valence-corrected chi connectivity index (χ2v) is 8.45. The van der Waals surface area contributed by atoms with E-state index in [4.69, 9.17) is 18.9 Å². The molecule has 0 aliphatic carbocycles. The maximum absolute atomic E-state index is 13.2. The second-order valence-electron chi connectivity index (χ2n) is 8.45. The summed E-state index contributed by atoms with van der Waals surface area (Å²) in [5.41, 5.74) is -1.26. The number of hydrogen-bond acceptors (Lipinski definition) is 7. The van der Waals surface area contributed by atoms with Gasteiger partial charge in [0.05, 0.1) is 11.1 Å². The standard InChI is InChI=1S/C23H26O7/c1-22(2,3)29-20(25)27-17-13-9-7-11-15(17)19(24)16-12-8-10-14-18(16)28-21(26)30-23(4,5)6/h7-14H,1-6H3. The van der Waals surface area contributed by atoms with E-state index in [-0.39, 0.29) is 22.6 Å². The van der Waals surface area contributed by atoms with Crippen molar-refractivity contribution in [3.63, 3.8) is 0 Å². The molecule has 0 saturated carbocycles. The smallest absolute Gasteiger partial charge is 0.428 e. The van der Waals surface area contributed by atoms with E-state index in [0.717, 1.165) is 0 Å². The van der Waals surface area contributed by atoms with E-state index in [9.17, 15) is 14.4 Å². The summed E-state index contributed by atoms with van der Waals surface area (Å²) in [5.74, 6) is -0.430. The van der Waals surface area contributed by atoms with Crippen molar-refractivity contribution >= 4 is 18.1 Å². The minimum Gasteiger partial charge on any atom is -0.428 e. The Bertz CT molecular complexity index is 858. The van der Waals surface area contributed by atoms with Crippen molar-refractivity contribution in [1.82, 2.24) is 0 Å². The van der Waals surface area contributed by atoms with Gasteiger partial charge in [0, 0.05) is 0 Å². The van der Waals surface area contributed by atoms with Crippen LogP contribution in [-0.2, 0) is 9.47 Å². The van der Waals surface area contributed by atoms with Gasteiger partial charge in [0.15, 0.2) is 0 Å². The summed E-state index contributed by atoms with van der Waals surface area (Å²) in [4.78, 5) is 37.2. The van der Waals surface area contributed by atoms with E-state index in [1.165, 1.54) is 24.3 Å². The number of carbonyl (C=O) groups excluding carboxylic acids is 3. The minimum atomic E-state index is -0.930. The van der Waals surface area contributed by atoms with E-state index >= 15 is 0 Å². The lowest BCUT2D eigenvalue weighted by molar-refractivity contribution is 0.0193. The van der Waals surface area contributed by atoms with Crippen molar-refractivity contribution in [3.8, 4) is 11.5 Å². The van der Waals surface area contributed by atoms with Crippen LogP contribution in [0.4, 0.5) is 9.59 Å². The van der Waals surface area contributed by atoms with Gasteiger partial charge in [-0.1, -0.05) is 24.3 Å². The van der Waals surface area contributed by atoms with Crippen LogP contribution in [0.1, 0.15) is 57.5 Å². The van der Waals surface area contributed by atoms with Gasteiger partial charge in [-0.05, 0) is 65.8 Å². The van der Waals surface area contributed by atoms with Gasteiger partial charge in [-0.25, -0.2) is 9.59 Å². The van der Waals surface area contributed by atoms with Crippen molar-refractivity contribution in [2.75, 3.05) is 0 Å². The Balaban J connectivity index is 2.30. The average molecular weight is 414 g/mol. The Morgan fingerprint density at radius 2 is 0.933 bits per heavy atom. The number of benzene rings is 2. The molecule has 0 heterocycles. The van der Waals surface area contributed by atoms with Gasteiger partial charge in [-0.3, -0.25) is 4.79 Å². The highest BCUT2D eigenvalue weighted by Gasteiger charge is 2.25. The first-order chi connectivity index (χ1) is 13.9. The third-order valence-corrected chi connectivity index (χ3v) is 3.43. The summed E-state index contributed by atoms with van der Waals surface area (Å²) >= 11 is 0. The van der Waals surface area contributed by atoms with Crippen molar-refractivity contribution in [2.45, 2.75) is 52.7 Å². The van der Waals surface area contributed by atoms with Crippen molar-refractivity contribution in [3.05, 3.63) is 59.7 Å². The van der Waals surface area contributed by atoms with Gasteiger partial charge in [0.2, 0.25) is 5.78 Å². The summed E-state index contributed by atoms with van der Waals surface area (Å²) in [6.07, 6.45) is -1.86. The Kier molecular flexibility index (Phi) is 6.87. The third kappa shape index (κ3) is 6.92. The van der Waals surface area contributed by atoms with Crippen LogP contribution < -0.4 is 9.47 Å². The molecule has 2 aromatic carbocycles.